The smallest absolute Gasteiger partial charge is 0.335 e. The minimum atomic E-state index is -0.896. The quantitative estimate of drug-likeness (QED) is 0.866. The maximum absolute atomic E-state index is 10.8. The number of carboxylic acids is 1. The molecule has 1 aliphatic carbocycles. The Hall–Kier alpha value is -2.35. The van der Waals surface area contributed by atoms with Crippen LogP contribution in [0.4, 0.5) is 0 Å². The molecule has 0 atom stereocenters. The van der Waals surface area contributed by atoms with E-state index >= 15 is 0 Å². The lowest BCUT2D eigenvalue weighted by molar-refractivity contribution is 0.0697. The van der Waals surface area contributed by atoms with Crippen LogP contribution >= 0.6 is 0 Å². The minimum Gasteiger partial charge on any atom is -0.478 e. The average Bonchev–Trinajstić information content (AvgIpc) is 2.75. The summed E-state index contributed by atoms with van der Waals surface area (Å²) in [7, 11) is 0. The van der Waals surface area contributed by atoms with Crippen molar-refractivity contribution in [2.24, 2.45) is 11.3 Å². The van der Waals surface area contributed by atoms with E-state index in [0.717, 1.165) is 5.56 Å². The maximum Gasteiger partial charge on any atom is 0.335 e. The molecule has 1 aromatic rings. The molecule has 2 heteroatoms. The number of allylic oxidation sites excluding steroid dienone is 7. The zero-order valence-electron chi connectivity index (χ0n) is 12.4. The lowest BCUT2D eigenvalue weighted by Crippen LogP contribution is -2.17. The van der Waals surface area contributed by atoms with Crippen LogP contribution in [0, 0.1) is 11.3 Å². The van der Waals surface area contributed by atoms with E-state index in [1.54, 1.807) is 12.1 Å². The van der Waals surface area contributed by atoms with Crippen molar-refractivity contribution >= 4 is 12.0 Å². The van der Waals surface area contributed by atoms with Gasteiger partial charge >= 0.3 is 5.97 Å². The van der Waals surface area contributed by atoms with Crippen LogP contribution in [0.2, 0.25) is 0 Å². The van der Waals surface area contributed by atoms with Gasteiger partial charge in [-0.3, -0.25) is 0 Å². The molecule has 21 heavy (non-hydrogen) atoms. The summed E-state index contributed by atoms with van der Waals surface area (Å²) in [5, 5.41) is 8.89. The maximum atomic E-state index is 10.8. The van der Waals surface area contributed by atoms with Gasteiger partial charge in [0.05, 0.1) is 5.56 Å². The molecule has 0 saturated heterocycles. The van der Waals surface area contributed by atoms with Crippen LogP contribution in [0.3, 0.4) is 0 Å². The lowest BCUT2D eigenvalue weighted by atomic mass is 9.78. The highest BCUT2D eigenvalue weighted by Gasteiger charge is 2.22. The van der Waals surface area contributed by atoms with Gasteiger partial charge in [0.2, 0.25) is 0 Å². The molecule has 0 spiro atoms. The first kappa shape index (κ1) is 15.0. The highest BCUT2D eigenvalue weighted by atomic mass is 16.4. The van der Waals surface area contributed by atoms with E-state index in [9.17, 15) is 4.79 Å². The van der Waals surface area contributed by atoms with E-state index in [4.69, 9.17) is 5.11 Å². The Bertz CT molecular complexity index is 597. The Morgan fingerprint density at radius 2 is 1.62 bits per heavy atom. The summed E-state index contributed by atoms with van der Waals surface area (Å²) in [4.78, 5) is 10.8. The van der Waals surface area contributed by atoms with Crippen LogP contribution < -0.4 is 0 Å². The monoisotopic (exact) mass is 280 g/mol. The molecule has 0 amide bonds. The summed E-state index contributed by atoms with van der Waals surface area (Å²) in [6, 6.07) is 6.92. The second kappa shape index (κ2) is 6.40. The fraction of sp³-hybridized carbons (Fsp3) is 0.211. The third kappa shape index (κ3) is 4.06. The summed E-state index contributed by atoms with van der Waals surface area (Å²) in [5.41, 5.74) is 1.31. The van der Waals surface area contributed by atoms with E-state index in [-0.39, 0.29) is 5.41 Å². The zero-order valence-corrected chi connectivity index (χ0v) is 12.4. The first-order valence-corrected chi connectivity index (χ1v) is 7.03. The molecule has 0 aromatic heterocycles. The predicted octanol–water partition coefficient (Wildman–Crippen LogP) is 4.72. The summed E-state index contributed by atoms with van der Waals surface area (Å²) < 4.78 is 0. The summed E-state index contributed by atoms with van der Waals surface area (Å²) >= 11 is 0. The van der Waals surface area contributed by atoms with Crippen molar-refractivity contribution in [1.82, 2.24) is 0 Å². The predicted molar refractivity (Wildman–Crippen MR) is 87.1 cm³/mol. The van der Waals surface area contributed by atoms with Crippen LogP contribution in [0.25, 0.3) is 6.08 Å². The Morgan fingerprint density at radius 1 is 1.05 bits per heavy atom. The van der Waals surface area contributed by atoms with E-state index in [0.29, 0.717) is 11.5 Å². The first-order chi connectivity index (χ1) is 9.99. The zero-order chi connectivity index (χ0) is 15.3. The van der Waals surface area contributed by atoms with Crippen molar-refractivity contribution in [1.29, 1.82) is 0 Å². The lowest BCUT2D eigenvalue weighted by Gasteiger charge is -2.26. The molecular weight excluding hydrogens is 260 g/mol. The van der Waals surface area contributed by atoms with Gasteiger partial charge in [0.1, 0.15) is 0 Å². The van der Waals surface area contributed by atoms with Gasteiger partial charge in [0.15, 0.2) is 0 Å². The highest BCUT2D eigenvalue weighted by molar-refractivity contribution is 5.87. The largest absolute Gasteiger partial charge is 0.478 e. The molecule has 0 fully saturated rings. The van der Waals surface area contributed by atoms with Crippen molar-refractivity contribution in [3.05, 3.63) is 77.9 Å². The van der Waals surface area contributed by atoms with Gasteiger partial charge in [0, 0.05) is 5.92 Å². The van der Waals surface area contributed by atoms with Crippen molar-refractivity contribution in [3.8, 4) is 0 Å². The fourth-order valence-corrected chi connectivity index (χ4v) is 2.22. The molecule has 0 heterocycles. The molecular formula is C19H20O2. The van der Waals surface area contributed by atoms with Crippen LogP contribution in [-0.2, 0) is 0 Å². The standard InChI is InChI=1S/C19H20O2/c1-19(2,17-7-5-3-4-6-8-17)14-13-15-9-11-16(12-10-15)18(20)21/h3-14,17H,1-2H3,(H,20,21). The molecule has 0 bridgehead atoms. The minimum absolute atomic E-state index is 0.00944. The van der Waals surface area contributed by atoms with Gasteiger partial charge in [-0.25, -0.2) is 4.79 Å². The van der Waals surface area contributed by atoms with Gasteiger partial charge in [-0.2, -0.15) is 0 Å². The molecule has 108 valence electrons. The van der Waals surface area contributed by atoms with Crippen molar-refractivity contribution in [2.45, 2.75) is 13.8 Å². The van der Waals surface area contributed by atoms with E-state index in [1.807, 2.05) is 30.4 Å². The molecule has 0 saturated carbocycles. The number of rotatable bonds is 4. The molecule has 0 aliphatic heterocycles. The number of aromatic carboxylic acids is 1. The molecule has 2 rings (SSSR count). The summed E-state index contributed by atoms with van der Waals surface area (Å²) in [6.45, 7) is 4.39. The third-order valence-electron chi connectivity index (χ3n) is 3.69. The molecule has 1 aliphatic rings. The van der Waals surface area contributed by atoms with Gasteiger partial charge < -0.3 is 5.11 Å². The number of hydrogen-bond donors (Lipinski definition) is 1. The summed E-state index contributed by atoms with van der Waals surface area (Å²) in [6.07, 6.45) is 16.8. The topological polar surface area (TPSA) is 37.3 Å². The van der Waals surface area contributed by atoms with Crippen LogP contribution in [0.1, 0.15) is 29.8 Å². The second-order valence-corrected chi connectivity index (χ2v) is 5.76. The van der Waals surface area contributed by atoms with Crippen molar-refractivity contribution in [2.75, 3.05) is 0 Å². The first-order valence-electron chi connectivity index (χ1n) is 7.03. The van der Waals surface area contributed by atoms with E-state index in [1.165, 1.54) is 0 Å². The van der Waals surface area contributed by atoms with Gasteiger partial charge in [-0.05, 0) is 23.1 Å². The fourth-order valence-electron chi connectivity index (χ4n) is 2.22. The third-order valence-corrected chi connectivity index (χ3v) is 3.69. The Morgan fingerprint density at radius 3 is 2.14 bits per heavy atom. The Kier molecular flexibility index (Phi) is 4.59. The normalized spacial score (nSPS) is 15.5. The second-order valence-electron chi connectivity index (χ2n) is 5.76. The molecule has 0 unspecified atom stereocenters. The van der Waals surface area contributed by atoms with Crippen LogP contribution in [0.15, 0.2) is 66.8 Å². The SMILES string of the molecule is CC(C)(C=Cc1ccc(C(=O)O)cc1)C1C=CC=CC=C1. The molecule has 1 N–H and O–H groups in total. The molecule has 1 aromatic carbocycles. The van der Waals surface area contributed by atoms with Gasteiger partial charge in [0.25, 0.3) is 0 Å². The Labute approximate surface area is 125 Å². The van der Waals surface area contributed by atoms with E-state index < -0.39 is 5.97 Å². The number of benzene rings is 1. The van der Waals surface area contributed by atoms with Crippen LogP contribution in [-0.4, -0.2) is 11.1 Å². The number of hydrogen-bond acceptors (Lipinski definition) is 1. The molecule has 2 nitrogen and oxygen atoms in total. The van der Waals surface area contributed by atoms with Crippen molar-refractivity contribution < 1.29 is 9.90 Å². The average molecular weight is 280 g/mol. The number of carbonyl (C=O) groups is 1. The molecule has 0 radical (unpaired) electrons. The number of carboxylic acid groups (broad SMARTS) is 1. The van der Waals surface area contributed by atoms with E-state index in [2.05, 4.69) is 44.2 Å². The highest BCUT2D eigenvalue weighted by Crippen LogP contribution is 2.32. The van der Waals surface area contributed by atoms with Crippen LogP contribution in [0.5, 0.6) is 0 Å². The van der Waals surface area contributed by atoms with Crippen molar-refractivity contribution in [3.63, 3.8) is 0 Å². The van der Waals surface area contributed by atoms with Gasteiger partial charge in [-0.15, -0.1) is 0 Å². The Balaban J connectivity index is 2.13. The summed E-state index contributed by atoms with van der Waals surface area (Å²) in [5.74, 6) is -0.561. The van der Waals surface area contributed by atoms with Gasteiger partial charge in [-0.1, -0.05) is 74.6 Å².